The minimum absolute atomic E-state index is 0.421. The summed E-state index contributed by atoms with van der Waals surface area (Å²) < 4.78 is 7.17. The van der Waals surface area contributed by atoms with E-state index in [0.29, 0.717) is 11.5 Å². The topological polar surface area (TPSA) is 65.4 Å². The number of nitrogen functional groups attached to an aromatic ring is 1. The van der Waals surface area contributed by atoms with Crippen LogP contribution in [0.1, 0.15) is 0 Å². The van der Waals surface area contributed by atoms with E-state index < -0.39 is 0 Å². The first-order valence-corrected chi connectivity index (χ1v) is 6.94. The molecular formula is C17H14N4O. The van der Waals surface area contributed by atoms with E-state index in [1.165, 1.54) is 0 Å². The summed E-state index contributed by atoms with van der Waals surface area (Å²) in [6, 6.07) is 15.7. The summed E-state index contributed by atoms with van der Waals surface area (Å²) in [5, 5.41) is 0. The Balaban J connectivity index is 1.96. The second-order valence-corrected chi connectivity index (χ2v) is 5.03. The number of methoxy groups -OCH3 is 1. The van der Waals surface area contributed by atoms with Crippen LogP contribution >= 0.6 is 0 Å². The van der Waals surface area contributed by atoms with Gasteiger partial charge in [0.2, 0.25) is 0 Å². The van der Waals surface area contributed by atoms with Crippen molar-refractivity contribution in [2.75, 3.05) is 12.8 Å². The highest BCUT2D eigenvalue weighted by atomic mass is 16.5. The van der Waals surface area contributed by atoms with E-state index in [2.05, 4.69) is 9.97 Å². The van der Waals surface area contributed by atoms with Gasteiger partial charge in [0.1, 0.15) is 5.75 Å². The van der Waals surface area contributed by atoms with Gasteiger partial charge in [-0.05, 0) is 36.4 Å². The average molecular weight is 290 g/mol. The third-order valence-electron chi connectivity index (χ3n) is 3.70. The fourth-order valence-corrected chi connectivity index (χ4v) is 2.59. The number of rotatable bonds is 2. The van der Waals surface area contributed by atoms with Crippen LogP contribution in [0.4, 0.5) is 5.82 Å². The lowest BCUT2D eigenvalue weighted by molar-refractivity contribution is 0.415. The lowest BCUT2D eigenvalue weighted by atomic mass is 10.1. The fourth-order valence-electron chi connectivity index (χ4n) is 2.59. The molecular weight excluding hydrogens is 276 g/mol. The van der Waals surface area contributed by atoms with Crippen LogP contribution in [0.15, 0.2) is 54.7 Å². The first-order valence-electron chi connectivity index (χ1n) is 6.94. The fraction of sp³-hybridized carbons (Fsp3) is 0.0588. The number of hydrogen-bond acceptors (Lipinski definition) is 4. The molecule has 0 aliphatic rings. The Hall–Kier alpha value is -3.08. The molecule has 5 nitrogen and oxygen atoms in total. The smallest absolute Gasteiger partial charge is 0.180 e. The number of fused-ring (bicyclic) bond motifs is 3. The first-order chi connectivity index (χ1) is 10.8. The van der Waals surface area contributed by atoms with Gasteiger partial charge in [-0.15, -0.1) is 0 Å². The van der Waals surface area contributed by atoms with Crippen LogP contribution in [-0.2, 0) is 0 Å². The highest BCUT2D eigenvalue weighted by molar-refractivity contribution is 5.84. The number of benzene rings is 2. The number of anilines is 1. The van der Waals surface area contributed by atoms with Gasteiger partial charge in [-0.1, -0.05) is 12.1 Å². The molecule has 0 fully saturated rings. The molecule has 4 aromatic rings. The van der Waals surface area contributed by atoms with Crippen molar-refractivity contribution in [3.05, 3.63) is 54.7 Å². The molecule has 5 heteroatoms. The SMILES string of the molecule is COc1ccc(-c2cn3c(nc4ccccc43)c(N)n2)cc1. The number of nitrogens with two attached hydrogens (primary N) is 1. The van der Waals surface area contributed by atoms with Gasteiger partial charge in [-0.25, -0.2) is 9.97 Å². The third-order valence-corrected chi connectivity index (χ3v) is 3.70. The van der Waals surface area contributed by atoms with E-state index in [4.69, 9.17) is 10.5 Å². The van der Waals surface area contributed by atoms with E-state index >= 15 is 0 Å². The van der Waals surface area contributed by atoms with E-state index in [1.54, 1.807) is 7.11 Å². The van der Waals surface area contributed by atoms with Gasteiger partial charge < -0.3 is 10.5 Å². The molecule has 0 spiro atoms. The average Bonchev–Trinajstić information content (AvgIpc) is 2.94. The quantitative estimate of drug-likeness (QED) is 0.616. The van der Waals surface area contributed by atoms with Gasteiger partial charge in [0, 0.05) is 11.8 Å². The number of ether oxygens (including phenoxy) is 1. The molecule has 0 radical (unpaired) electrons. The van der Waals surface area contributed by atoms with E-state index in [9.17, 15) is 0 Å². The Morgan fingerprint density at radius 3 is 2.55 bits per heavy atom. The Morgan fingerprint density at radius 1 is 1.00 bits per heavy atom. The van der Waals surface area contributed by atoms with E-state index in [-0.39, 0.29) is 0 Å². The molecule has 0 amide bonds. The maximum Gasteiger partial charge on any atom is 0.180 e. The molecule has 2 heterocycles. The largest absolute Gasteiger partial charge is 0.497 e. The molecule has 0 atom stereocenters. The second kappa shape index (κ2) is 4.73. The van der Waals surface area contributed by atoms with Crippen molar-refractivity contribution in [1.29, 1.82) is 0 Å². The summed E-state index contributed by atoms with van der Waals surface area (Å²) in [4.78, 5) is 9.01. The summed E-state index contributed by atoms with van der Waals surface area (Å²) in [6.45, 7) is 0. The minimum atomic E-state index is 0.421. The third kappa shape index (κ3) is 1.87. The monoisotopic (exact) mass is 290 g/mol. The molecule has 108 valence electrons. The molecule has 4 rings (SSSR count). The Labute approximate surface area is 127 Å². The van der Waals surface area contributed by atoms with E-state index in [1.807, 2.05) is 59.1 Å². The summed E-state index contributed by atoms with van der Waals surface area (Å²) in [5.41, 5.74) is 10.5. The predicted octanol–water partition coefficient (Wildman–Crippen LogP) is 3.14. The molecule has 2 aromatic heterocycles. The van der Waals surface area contributed by atoms with Crippen molar-refractivity contribution in [2.24, 2.45) is 0 Å². The van der Waals surface area contributed by atoms with E-state index in [0.717, 1.165) is 28.0 Å². The van der Waals surface area contributed by atoms with Crippen molar-refractivity contribution in [1.82, 2.24) is 14.4 Å². The van der Waals surface area contributed by atoms with Crippen molar-refractivity contribution in [2.45, 2.75) is 0 Å². The zero-order chi connectivity index (χ0) is 15.1. The molecule has 0 aliphatic carbocycles. The number of para-hydroxylation sites is 2. The summed E-state index contributed by atoms with van der Waals surface area (Å²) >= 11 is 0. The lowest BCUT2D eigenvalue weighted by Crippen LogP contribution is -1.99. The highest BCUT2D eigenvalue weighted by Gasteiger charge is 2.10. The van der Waals surface area contributed by atoms with Gasteiger partial charge in [-0.2, -0.15) is 0 Å². The lowest BCUT2D eigenvalue weighted by Gasteiger charge is -2.06. The summed E-state index contributed by atoms with van der Waals surface area (Å²) in [6.07, 6.45) is 1.96. The van der Waals surface area contributed by atoms with Crippen LogP contribution in [0.3, 0.4) is 0 Å². The van der Waals surface area contributed by atoms with Crippen LogP contribution in [-0.4, -0.2) is 21.5 Å². The van der Waals surface area contributed by atoms with Crippen molar-refractivity contribution < 1.29 is 4.74 Å². The molecule has 0 saturated heterocycles. The zero-order valence-corrected chi connectivity index (χ0v) is 12.0. The van der Waals surface area contributed by atoms with Crippen molar-refractivity contribution in [3.63, 3.8) is 0 Å². The van der Waals surface area contributed by atoms with Gasteiger partial charge >= 0.3 is 0 Å². The first kappa shape index (κ1) is 12.6. The zero-order valence-electron chi connectivity index (χ0n) is 12.0. The number of nitrogens with zero attached hydrogens (tertiary/aromatic N) is 3. The minimum Gasteiger partial charge on any atom is -0.497 e. The Bertz CT molecular complexity index is 973. The Kier molecular flexibility index (Phi) is 2.72. The van der Waals surface area contributed by atoms with Gasteiger partial charge in [0.25, 0.3) is 0 Å². The van der Waals surface area contributed by atoms with Gasteiger partial charge in [0.15, 0.2) is 11.5 Å². The summed E-state index contributed by atoms with van der Waals surface area (Å²) in [5.74, 6) is 1.23. The molecule has 22 heavy (non-hydrogen) atoms. The number of hydrogen-bond donors (Lipinski definition) is 1. The molecule has 0 saturated carbocycles. The Morgan fingerprint density at radius 2 is 1.77 bits per heavy atom. The molecule has 0 bridgehead atoms. The second-order valence-electron chi connectivity index (χ2n) is 5.03. The number of aromatic nitrogens is 3. The van der Waals surface area contributed by atoms with Crippen molar-refractivity contribution in [3.8, 4) is 17.0 Å². The van der Waals surface area contributed by atoms with Crippen LogP contribution in [0.25, 0.3) is 27.9 Å². The van der Waals surface area contributed by atoms with Crippen LogP contribution in [0.5, 0.6) is 5.75 Å². The maximum atomic E-state index is 6.10. The highest BCUT2D eigenvalue weighted by Crippen LogP contribution is 2.25. The number of imidazole rings is 1. The normalized spacial score (nSPS) is 11.1. The van der Waals surface area contributed by atoms with Gasteiger partial charge in [0.05, 0.1) is 23.8 Å². The summed E-state index contributed by atoms with van der Waals surface area (Å²) in [7, 11) is 1.65. The molecule has 2 N–H and O–H groups in total. The van der Waals surface area contributed by atoms with Gasteiger partial charge in [-0.3, -0.25) is 4.40 Å². The molecule has 0 unspecified atom stereocenters. The van der Waals surface area contributed by atoms with Crippen molar-refractivity contribution >= 4 is 22.5 Å². The van der Waals surface area contributed by atoms with Crippen LogP contribution < -0.4 is 10.5 Å². The van der Waals surface area contributed by atoms with Crippen LogP contribution in [0, 0.1) is 0 Å². The molecule has 0 aliphatic heterocycles. The van der Waals surface area contributed by atoms with Crippen LogP contribution in [0.2, 0.25) is 0 Å². The molecule has 2 aromatic carbocycles. The standard InChI is InChI=1S/C17H14N4O/c1-22-12-8-6-11(7-9-12)14-10-21-15-5-3-2-4-13(15)20-17(21)16(18)19-14/h2-10H,1H3,(H2,18,19). The maximum absolute atomic E-state index is 6.10. The predicted molar refractivity (Wildman–Crippen MR) is 86.9 cm³/mol.